The Balaban J connectivity index is 0.000000117. The predicted molar refractivity (Wildman–Crippen MR) is 264 cm³/mol. The van der Waals surface area contributed by atoms with Gasteiger partial charge in [-0.15, -0.1) is 0 Å². The first-order valence-corrected chi connectivity index (χ1v) is 22.1. The van der Waals surface area contributed by atoms with Crippen molar-refractivity contribution < 1.29 is 28.6 Å². The van der Waals surface area contributed by atoms with Gasteiger partial charge in [0, 0.05) is 73.8 Å². The van der Waals surface area contributed by atoms with E-state index in [9.17, 15) is 14.4 Å². The molecule has 6 aromatic carbocycles. The fraction of sp³-hybridized carbons (Fsp3) is 0.111. The minimum atomic E-state index is -0.0103. The van der Waals surface area contributed by atoms with Gasteiger partial charge >= 0.3 is 0 Å². The number of benzene rings is 6. The molecule has 0 spiro atoms. The second-order valence-corrected chi connectivity index (χ2v) is 16.6. The summed E-state index contributed by atoms with van der Waals surface area (Å²) in [7, 11) is 4.80. The maximum absolute atomic E-state index is 12.7. The summed E-state index contributed by atoms with van der Waals surface area (Å²) in [5.74, 6) is 2.13. The van der Waals surface area contributed by atoms with Crippen LogP contribution in [0.2, 0.25) is 0 Å². The van der Waals surface area contributed by atoms with Gasteiger partial charge in [-0.25, -0.2) is 0 Å². The Morgan fingerprint density at radius 1 is 0.478 bits per heavy atom. The number of rotatable bonds is 5. The summed E-state index contributed by atoms with van der Waals surface area (Å²) in [6.45, 7) is 1.80. The van der Waals surface area contributed by atoms with E-state index < -0.39 is 0 Å². The van der Waals surface area contributed by atoms with Crippen LogP contribution in [0.3, 0.4) is 0 Å². The van der Waals surface area contributed by atoms with Crippen molar-refractivity contribution in [1.82, 2.24) is 20.3 Å². The molecule has 3 aliphatic rings. The standard InChI is InChI=1S/2C18H14N2O2.C9H6BrN.C9H9NO2/c2*1-22-15-7-5-13-11-20(18(21)16(13)10-15)14-6-4-12-3-2-8-19-17(12)9-14;10-8-4-3-7-2-1-5-11-9(7)6-8;1-12-7-3-2-6-5-10-9(11)8(6)4-7/h2*2-10H,11H2,1H3;1-6H;2-4H,5H2,1H3,(H,10,11). The van der Waals surface area contributed by atoms with Crippen LogP contribution in [0.4, 0.5) is 11.4 Å². The number of aromatic nitrogens is 3. The number of hydrogen-bond donors (Lipinski definition) is 1. The average molecular weight is 952 g/mol. The van der Waals surface area contributed by atoms with E-state index in [2.05, 4.69) is 42.3 Å². The highest BCUT2D eigenvalue weighted by atomic mass is 79.9. The molecule has 6 heterocycles. The molecule has 0 bridgehead atoms. The Labute approximate surface area is 394 Å². The molecule has 12 nitrogen and oxygen atoms in total. The van der Waals surface area contributed by atoms with Crippen LogP contribution in [0.1, 0.15) is 47.8 Å². The lowest BCUT2D eigenvalue weighted by Gasteiger charge is -2.16. The highest BCUT2D eigenvalue weighted by Gasteiger charge is 2.30. The molecule has 12 rings (SSSR count). The normalized spacial score (nSPS) is 13.0. The van der Waals surface area contributed by atoms with Crippen molar-refractivity contribution in [2.24, 2.45) is 0 Å². The molecule has 3 aromatic heterocycles. The zero-order chi connectivity index (χ0) is 46.4. The number of nitrogens with one attached hydrogen (secondary N) is 1. The number of carbonyl (C=O) groups is 3. The van der Waals surface area contributed by atoms with E-state index in [1.165, 1.54) is 5.39 Å². The monoisotopic (exact) mass is 950 g/mol. The minimum absolute atomic E-state index is 0.00387. The van der Waals surface area contributed by atoms with Crippen molar-refractivity contribution in [2.75, 3.05) is 31.1 Å². The summed E-state index contributed by atoms with van der Waals surface area (Å²) in [5.41, 5.74) is 9.78. The Bertz CT molecular complexity index is 3200. The summed E-state index contributed by atoms with van der Waals surface area (Å²) in [6.07, 6.45) is 5.32. The van der Waals surface area contributed by atoms with Gasteiger partial charge in [-0.2, -0.15) is 0 Å². The van der Waals surface area contributed by atoms with Crippen LogP contribution < -0.4 is 29.3 Å². The molecule has 0 saturated carbocycles. The Kier molecular flexibility index (Phi) is 12.8. The number of hydrogen-bond acceptors (Lipinski definition) is 9. The molecule has 3 aliphatic heterocycles. The molecule has 1 N–H and O–H groups in total. The van der Waals surface area contributed by atoms with Crippen LogP contribution in [0.5, 0.6) is 17.2 Å². The highest BCUT2D eigenvalue weighted by Crippen LogP contribution is 2.34. The lowest BCUT2D eigenvalue weighted by Crippen LogP contribution is -2.22. The van der Waals surface area contributed by atoms with Gasteiger partial charge in [-0.3, -0.25) is 29.3 Å². The molecule has 13 heteroatoms. The average Bonchev–Trinajstić information content (AvgIpc) is 4.04. The predicted octanol–water partition coefficient (Wildman–Crippen LogP) is 10.7. The Morgan fingerprint density at radius 2 is 0.896 bits per heavy atom. The number of nitrogens with zero attached hydrogens (tertiary/aromatic N) is 5. The SMILES string of the molecule is Brc1ccc2cccnc2c1.COc1ccc2c(c1)C(=O)N(c1ccc3cccnc3c1)C2.COc1ccc2c(c1)C(=O)N(c1ccc3cccnc3c1)C2.COc1ccc2c(c1)C(=O)NC2. The lowest BCUT2D eigenvalue weighted by molar-refractivity contribution is 0.0962. The number of ether oxygens (including phenoxy) is 3. The van der Waals surface area contributed by atoms with Crippen LogP contribution >= 0.6 is 15.9 Å². The molecule has 3 amide bonds. The maximum Gasteiger partial charge on any atom is 0.259 e. The van der Waals surface area contributed by atoms with E-state index in [-0.39, 0.29) is 17.7 Å². The summed E-state index contributed by atoms with van der Waals surface area (Å²) in [5, 5.41) is 6.05. The third-order valence-electron chi connectivity index (χ3n) is 11.6. The van der Waals surface area contributed by atoms with Crippen LogP contribution in [0.25, 0.3) is 32.7 Å². The number of amides is 3. The first kappa shape index (κ1) is 44.1. The maximum atomic E-state index is 12.7. The van der Waals surface area contributed by atoms with E-state index in [0.29, 0.717) is 42.3 Å². The Hall–Kier alpha value is -8.16. The lowest BCUT2D eigenvalue weighted by atomic mass is 10.1. The van der Waals surface area contributed by atoms with E-state index in [4.69, 9.17) is 14.2 Å². The van der Waals surface area contributed by atoms with Gasteiger partial charge < -0.3 is 29.3 Å². The van der Waals surface area contributed by atoms with Crippen molar-refractivity contribution in [3.05, 3.63) is 202 Å². The molecule has 9 aromatic rings. The highest BCUT2D eigenvalue weighted by molar-refractivity contribution is 9.10. The van der Waals surface area contributed by atoms with Gasteiger partial charge in [-0.1, -0.05) is 70.5 Å². The number of methoxy groups -OCH3 is 3. The largest absolute Gasteiger partial charge is 0.497 e. The number of carbonyl (C=O) groups excluding carboxylic acids is 3. The van der Waals surface area contributed by atoms with Crippen LogP contribution in [-0.4, -0.2) is 54.0 Å². The second kappa shape index (κ2) is 19.5. The third-order valence-corrected chi connectivity index (χ3v) is 12.1. The van der Waals surface area contributed by atoms with Crippen LogP contribution in [0, 0.1) is 0 Å². The van der Waals surface area contributed by atoms with Crippen molar-refractivity contribution >= 4 is 77.7 Å². The van der Waals surface area contributed by atoms with Gasteiger partial charge in [0.1, 0.15) is 17.2 Å². The molecule has 0 unspecified atom stereocenters. The quantitative estimate of drug-likeness (QED) is 0.179. The molecule has 0 saturated heterocycles. The fourth-order valence-corrected chi connectivity index (χ4v) is 8.38. The van der Waals surface area contributed by atoms with Gasteiger partial charge in [0.15, 0.2) is 0 Å². The van der Waals surface area contributed by atoms with Gasteiger partial charge in [-0.05, 0) is 108 Å². The zero-order valence-electron chi connectivity index (χ0n) is 36.8. The first-order valence-electron chi connectivity index (χ1n) is 21.3. The summed E-state index contributed by atoms with van der Waals surface area (Å²) < 4.78 is 16.5. The number of anilines is 2. The minimum Gasteiger partial charge on any atom is -0.497 e. The smallest absolute Gasteiger partial charge is 0.259 e. The Morgan fingerprint density at radius 3 is 1.36 bits per heavy atom. The molecule has 67 heavy (non-hydrogen) atoms. The second-order valence-electron chi connectivity index (χ2n) is 15.6. The van der Waals surface area contributed by atoms with Crippen LogP contribution in [0.15, 0.2) is 169 Å². The van der Waals surface area contributed by atoms with E-state index in [1.807, 2.05) is 121 Å². The van der Waals surface area contributed by atoms with Crippen molar-refractivity contribution in [3.8, 4) is 17.2 Å². The fourth-order valence-electron chi connectivity index (χ4n) is 8.04. The number of halogens is 1. The third kappa shape index (κ3) is 9.49. The van der Waals surface area contributed by atoms with Crippen molar-refractivity contribution in [1.29, 1.82) is 0 Å². The first-order chi connectivity index (χ1) is 32.7. The van der Waals surface area contributed by atoms with Crippen molar-refractivity contribution in [2.45, 2.75) is 19.6 Å². The molecule has 0 radical (unpaired) electrons. The number of fused-ring (bicyclic) bond motifs is 6. The molecule has 0 atom stereocenters. The summed E-state index contributed by atoms with van der Waals surface area (Å²) in [4.78, 5) is 52.9. The molecule has 332 valence electrons. The zero-order valence-corrected chi connectivity index (χ0v) is 38.4. The van der Waals surface area contributed by atoms with E-state index in [1.54, 1.807) is 67.9 Å². The van der Waals surface area contributed by atoms with Gasteiger partial charge in [0.2, 0.25) is 0 Å². The summed E-state index contributed by atoms with van der Waals surface area (Å²) >= 11 is 3.39. The molecule has 0 fully saturated rings. The van der Waals surface area contributed by atoms with E-state index in [0.717, 1.165) is 71.2 Å². The molecular formula is C54H43BrN6O6. The van der Waals surface area contributed by atoms with Crippen molar-refractivity contribution in [3.63, 3.8) is 0 Å². The van der Waals surface area contributed by atoms with E-state index >= 15 is 0 Å². The number of pyridine rings is 3. The molecular weight excluding hydrogens is 909 g/mol. The van der Waals surface area contributed by atoms with Crippen LogP contribution in [-0.2, 0) is 19.6 Å². The summed E-state index contributed by atoms with van der Waals surface area (Å²) in [6, 6.07) is 46.5. The topological polar surface area (TPSA) is 136 Å². The van der Waals surface area contributed by atoms with Gasteiger partial charge in [0.25, 0.3) is 17.7 Å². The molecule has 0 aliphatic carbocycles. The van der Waals surface area contributed by atoms with Gasteiger partial charge in [0.05, 0.1) is 51.0 Å².